The van der Waals surface area contributed by atoms with Crippen molar-refractivity contribution in [2.45, 2.75) is 167 Å². The molecule has 2 bridgehead atoms. The molecule has 61 heavy (non-hydrogen) atoms. The van der Waals surface area contributed by atoms with Crippen LogP contribution in [0.2, 0.25) is 5.82 Å². The van der Waals surface area contributed by atoms with E-state index in [1.807, 2.05) is 6.92 Å². The highest BCUT2D eigenvalue weighted by molar-refractivity contribution is 6.47. The van der Waals surface area contributed by atoms with Crippen LogP contribution < -0.4 is 27.4 Å². The van der Waals surface area contributed by atoms with E-state index < -0.39 is 54.9 Å². The van der Waals surface area contributed by atoms with E-state index in [9.17, 15) is 24.3 Å². The topological polar surface area (TPSA) is 195 Å². The molecule has 1 heterocycles. The molecule has 4 fully saturated rings. The van der Waals surface area contributed by atoms with E-state index in [-0.39, 0.29) is 41.6 Å². The fourth-order valence-electron chi connectivity index (χ4n) is 9.75. The number of rotatable bonds is 25. The Balaban J connectivity index is 1.05. The lowest BCUT2D eigenvalue weighted by molar-refractivity contribution is -0.199. The van der Waals surface area contributed by atoms with Crippen molar-refractivity contribution in [3.63, 3.8) is 0 Å². The predicted octanol–water partition coefficient (Wildman–Crippen LogP) is 5.66. The van der Waals surface area contributed by atoms with Gasteiger partial charge in [0.2, 0.25) is 11.8 Å². The van der Waals surface area contributed by atoms with Gasteiger partial charge in [-0.1, -0.05) is 89.6 Å². The van der Waals surface area contributed by atoms with Crippen molar-refractivity contribution in [3.05, 3.63) is 59.7 Å². The number of ketones is 2. The Morgan fingerprint density at radius 3 is 2.11 bits per heavy atom. The van der Waals surface area contributed by atoms with Crippen molar-refractivity contribution in [3.8, 4) is 11.1 Å². The number of Topliss-reactive ketones (excluding diaryl/α,β-unsaturated/α-hetero) is 2. The number of aliphatic hydroxyl groups excluding tert-OH is 1. The molecule has 1 saturated heterocycles. The summed E-state index contributed by atoms with van der Waals surface area (Å²) in [6.45, 7) is 15.5. The Bertz CT molecular complexity index is 1770. The number of amides is 2. The molecular formula is C48H74BN5O7. The lowest BCUT2D eigenvalue weighted by Gasteiger charge is -2.64. The van der Waals surface area contributed by atoms with E-state index in [4.69, 9.17) is 20.8 Å². The average molecular weight is 844 g/mol. The molecule has 1 unspecified atom stereocenters. The van der Waals surface area contributed by atoms with Crippen molar-refractivity contribution >= 4 is 30.5 Å². The van der Waals surface area contributed by atoms with Crippen molar-refractivity contribution in [2.75, 3.05) is 13.1 Å². The first-order chi connectivity index (χ1) is 29.0. The second kappa shape index (κ2) is 21.8. The highest BCUT2D eigenvalue weighted by Crippen LogP contribution is 2.66. The molecule has 6 rings (SSSR count). The van der Waals surface area contributed by atoms with Crippen LogP contribution in [0.1, 0.15) is 124 Å². The quantitative estimate of drug-likeness (QED) is 0.0537. The normalized spacial score (nSPS) is 24.4. The summed E-state index contributed by atoms with van der Waals surface area (Å²) >= 11 is 0. The fourth-order valence-corrected chi connectivity index (χ4v) is 9.75. The number of nitrogens with one attached hydrogen (secondary N) is 3. The van der Waals surface area contributed by atoms with Crippen molar-refractivity contribution < 1.29 is 33.6 Å². The minimum absolute atomic E-state index is 0.0115. The molecule has 2 aromatic carbocycles. The van der Waals surface area contributed by atoms with E-state index >= 15 is 0 Å². The van der Waals surface area contributed by atoms with Crippen LogP contribution in [-0.4, -0.2) is 84.6 Å². The number of carbonyl (C=O) groups excluding carboxylic acids is 4. The molecule has 4 aliphatic rings. The highest BCUT2D eigenvalue weighted by atomic mass is 16.7. The number of nitrogens with two attached hydrogens (primary N) is 2. The van der Waals surface area contributed by atoms with Gasteiger partial charge in [-0.2, -0.15) is 0 Å². The van der Waals surface area contributed by atoms with Crippen molar-refractivity contribution in [1.82, 2.24) is 16.0 Å². The molecule has 12 nitrogen and oxygen atoms in total. The molecule has 336 valence electrons. The number of carbonyl (C=O) groups is 4. The van der Waals surface area contributed by atoms with Crippen molar-refractivity contribution in [1.29, 1.82) is 0 Å². The van der Waals surface area contributed by atoms with Crippen molar-refractivity contribution in [2.24, 2.45) is 34.6 Å². The zero-order chi connectivity index (χ0) is 44.5. The SMILES string of the molecule is CCCCc1ccc(-c2ccc(CNCC[C@H](N)C(=O)N[C@H](C(=O)C[C@@H](C)C(=O)N[C@@H](CCCCN)C(=O)C[C@@H](C)B3OC4C[C@@H]5C[C@@H](C5(C)C)[C@]4(C)O3)[C@@H](C)O)cc2)cc1. The second-order valence-electron chi connectivity index (χ2n) is 19.2. The van der Waals surface area contributed by atoms with E-state index in [0.29, 0.717) is 57.2 Å². The van der Waals surface area contributed by atoms with Crippen LogP contribution in [0.15, 0.2) is 48.5 Å². The van der Waals surface area contributed by atoms with Crippen LogP contribution in [0, 0.1) is 23.2 Å². The number of aryl methyl sites for hydroxylation is 1. The van der Waals surface area contributed by atoms with Gasteiger partial charge in [0.25, 0.3) is 0 Å². The standard InChI is InChI=1S/C48H74BN5O7/c1-8-9-12-33-14-18-35(19-15-33)36-20-16-34(17-21-36)29-52-24-22-38(51)46(59)54-44(32(4)55)41(57)25-30(2)45(58)53-39(13-10-11-23-50)40(56)26-31(3)49-60-43-28-37-27-42(47(37,5)6)48(43,7)61-49/h14-21,30-32,37-39,42-44,52,55H,8-13,22-29,50-51H2,1-7H3,(H,53,58)(H,54,59)/t30-,31-,32-,37+,38+,39+,42+,43?,44+,48+/m1/s1. The van der Waals surface area contributed by atoms with E-state index in [1.54, 1.807) is 6.92 Å². The predicted molar refractivity (Wildman–Crippen MR) is 241 cm³/mol. The number of hydrogen-bond acceptors (Lipinski definition) is 10. The van der Waals surface area contributed by atoms with Gasteiger partial charge in [0.05, 0.1) is 29.9 Å². The Morgan fingerprint density at radius 1 is 0.852 bits per heavy atom. The molecule has 0 aromatic heterocycles. The largest absolute Gasteiger partial charge is 0.461 e. The lowest BCUT2D eigenvalue weighted by atomic mass is 9.43. The molecule has 8 N–H and O–H groups in total. The third-order valence-corrected chi connectivity index (χ3v) is 14.0. The fraction of sp³-hybridized carbons (Fsp3) is 0.667. The van der Waals surface area contributed by atoms with Crippen LogP contribution in [0.4, 0.5) is 0 Å². The summed E-state index contributed by atoms with van der Waals surface area (Å²) in [6, 6.07) is 14.2. The van der Waals surface area contributed by atoms with Crippen LogP contribution in [0.5, 0.6) is 0 Å². The van der Waals surface area contributed by atoms with Gasteiger partial charge in [0.15, 0.2) is 11.6 Å². The van der Waals surface area contributed by atoms with Crippen LogP contribution >= 0.6 is 0 Å². The summed E-state index contributed by atoms with van der Waals surface area (Å²) in [5.41, 5.74) is 16.6. The van der Waals surface area contributed by atoms with Gasteiger partial charge in [-0.3, -0.25) is 19.2 Å². The smallest absolute Gasteiger partial charge is 0.405 e. The monoisotopic (exact) mass is 844 g/mol. The van der Waals surface area contributed by atoms with E-state index in [2.05, 4.69) is 92.2 Å². The second-order valence-corrected chi connectivity index (χ2v) is 19.2. The maximum atomic E-state index is 13.8. The van der Waals surface area contributed by atoms with Gasteiger partial charge in [0.1, 0.15) is 6.04 Å². The van der Waals surface area contributed by atoms with Gasteiger partial charge in [-0.25, -0.2) is 0 Å². The van der Waals surface area contributed by atoms with Gasteiger partial charge in [0, 0.05) is 25.3 Å². The first kappa shape index (κ1) is 48.6. The lowest BCUT2D eigenvalue weighted by Crippen LogP contribution is -2.65. The Hall–Kier alpha value is -3.46. The summed E-state index contributed by atoms with van der Waals surface area (Å²) in [6.07, 6.45) is 6.37. The third-order valence-electron chi connectivity index (χ3n) is 14.0. The van der Waals surface area contributed by atoms with Gasteiger partial charge in [-0.05, 0) is 124 Å². The first-order valence-corrected chi connectivity index (χ1v) is 23.0. The first-order valence-electron chi connectivity index (χ1n) is 23.0. The third kappa shape index (κ3) is 12.2. The van der Waals surface area contributed by atoms with Crippen LogP contribution in [0.3, 0.4) is 0 Å². The summed E-state index contributed by atoms with van der Waals surface area (Å²) < 4.78 is 13.1. The molecule has 10 atom stereocenters. The Kier molecular flexibility index (Phi) is 17.3. The van der Waals surface area contributed by atoms with Gasteiger partial charge < -0.3 is 41.8 Å². The summed E-state index contributed by atoms with van der Waals surface area (Å²) in [4.78, 5) is 53.8. The molecule has 0 radical (unpaired) electrons. The summed E-state index contributed by atoms with van der Waals surface area (Å²) in [7, 11) is -0.504. The zero-order valence-corrected chi connectivity index (χ0v) is 37.8. The summed E-state index contributed by atoms with van der Waals surface area (Å²) in [5.74, 6) is -1.65. The zero-order valence-electron chi connectivity index (χ0n) is 37.8. The van der Waals surface area contributed by atoms with E-state index in [1.165, 1.54) is 30.9 Å². The molecule has 2 aromatic rings. The molecule has 0 spiro atoms. The summed E-state index contributed by atoms with van der Waals surface area (Å²) in [5, 5.41) is 19.4. The number of aliphatic hydroxyl groups is 1. The Labute approximate surface area is 364 Å². The van der Waals surface area contributed by atoms with Gasteiger partial charge >= 0.3 is 7.12 Å². The minimum atomic E-state index is -1.25. The maximum Gasteiger partial charge on any atom is 0.461 e. The van der Waals surface area contributed by atoms with Crippen LogP contribution in [0.25, 0.3) is 11.1 Å². The molecule has 13 heteroatoms. The number of hydrogen-bond donors (Lipinski definition) is 6. The Morgan fingerprint density at radius 2 is 1.51 bits per heavy atom. The van der Waals surface area contributed by atoms with Gasteiger partial charge in [-0.15, -0.1) is 0 Å². The minimum Gasteiger partial charge on any atom is -0.405 e. The number of benzene rings is 2. The molecule has 1 aliphatic heterocycles. The maximum absolute atomic E-state index is 13.8. The van der Waals surface area contributed by atoms with Crippen LogP contribution in [-0.2, 0) is 41.5 Å². The molecule has 2 amide bonds. The molecule has 3 aliphatic carbocycles. The molecule has 3 saturated carbocycles. The highest BCUT2D eigenvalue weighted by Gasteiger charge is 2.68. The average Bonchev–Trinajstić information content (AvgIpc) is 3.60. The molecular weight excluding hydrogens is 769 g/mol. The number of unbranched alkanes of at least 4 members (excludes halogenated alkanes) is 2. The van der Waals surface area contributed by atoms with E-state index in [0.717, 1.165) is 30.4 Å².